The summed E-state index contributed by atoms with van der Waals surface area (Å²) in [6.07, 6.45) is -0.849. The van der Waals surface area contributed by atoms with Gasteiger partial charge in [0.25, 0.3) is 0 Å². The summed E-state index contributed by atoms with van der Waals surface area (Å²) >= 11 is 0.843. The predicted octanol–water partition coefficient (Wildman–Crippen LogP) is -0.284. The van der Waals surface area contributed by atoms with Crippen LogP contribution in [0.25, 0.3) is 0 Å². The molecule has 0 amide bonds. The molecule has 0 aliphatic carbocycles. The van der Waals surface area contributed by atoms with E-state index in [-0.39, 0.29) is 42.4 Å². The van der Waals surface area contributed by atoms with Gasteiger partial charge in [0.15, 0.2) is 0 Å². The Morgan fingerprint density at radius 2 is 1.91 bits per heavy atom. The van der Waals surface area contributed by atoms with E-state index in [2.05, 4.69) is 0 Å². The second-order valence-electron chi connectivity index (χ2n) is 7.84. The van der Waals surface area contributed by atoms with Gasteiger partial charge in [-0.25, -0.2) is 0 Å². The summed E-state index contributed by atoms with van der Waals surface area (Å²) in [5.74, 6) is -3.11. The van der Waals surface area contributed by atoms with Crippen molar-refractivity contribution in [1.29, 1.82) is 0 Å². The number of aliphatic carboxylic acids is 2. The van der Waals surface area contributed by atoms with Gasteiger partial charge < -0.3 is 29.6 Å². The molecule has 0 aliphatic rings. The maximum absolute atomic E-state index is 12.4. The zero-order valence-corrected chi connectivity index (χ0v) is 22.9. The Balaban J connectivity index is 0.0000102. The molecule has 0 fully saturated rings. The zero-order chi connectivity index (χ0) is 24.3. The Kier molecular flexibility index (Phi) is 15.0. The van der Waals surface area contributed by atoms with E-state index in [1.165, 1.54) is 6.92 Å². The van der Waals surface area contributed by atoms with Crippen LogP contribution in [0.15, 0.2) is 23.1 Å². The average molecular weight is 493 g/mol. The molecular weight excluding hydrogens is 459 g/mol. The molecule has 3 unspecified atom stereocenters. The van der Waals surface area contributed by atoms with Gasteiger partial charge in [0.2, 0.25) is 0 Å². The van der Waals surface area contributed by atoms with Gasteiger partial charge in [0.1, 0.15) is 16.6 Å². The topological polar surface area (TPSA) is 133 Å². The number of carboxylic acids is 2. The van der Waals surface area contributed by atoms with Crippen molar-refractivity contribution in [3.05, 3.63) is 23.8 Å². The van der Waals surface area contributed by atoms with E-state index in [9.17, 15) is 29.7 Å². The fourth-order valence-corrected chi connectivity index (χ4v) is 4.63. The second-order valence-corrected chi connectivity index (χ2v) is 9.26. The first kappa shape index (κ1) is 31.7. The van der Waals surface area contributed by atoms with Crippen LogP contribution in [0.3, 0.4) is 0 Å². The summed E-state index contributed by atoms with van der Waals surface area (Å²) in [5.41, 5.74) is 0.848. The molecule has 0 aromatic heterocycles. The SMILES string of the molecule is CCCCOc1ccc(C)cc1SC(CC(=O)[O-])(CC(CC(O)CC)OC(C)=O)C(=O)O.[Na+]. The Bertz CT molecular complexity index is 788. The van der Waals surface area contributed by atoms with Gasteiger partial charge >= 0.3 is 41.5 Å². The molecule has 1 aromatic rings. The number of rotatable bonds is 15. The Labute approximate surface area is 221 Å². The summed E-state index contributed by atoms with van der Waals surface area (Å²) in [5, 5.41) is 31.8. The molecule has 10 heteroatoms. The van der Waals surface area contributed by atoms with Crippen LogP contribution >= 0.6 is 11.8 Å². The smallest absolute Gasteiger partial charge is 0.550 e. The molecule has 2 N–H and O–H groups in total. The van der Waals surface area contributed by atoms with Gasteiger partial charge in [-0.3, -0.25) is 9.59 Å². The average Bonchev–Trinajstić information content (AvgIpc) is 2.68. The molecule has 0 saturated carbocycles. The number of aryl methyl sites for hydroxylation is 1. The summed E-state index contributed by atoms with van der Waals surface area (Å²) < 4.78 is 9.17. The van der Waals surface area contributed by atoms with E-state index >= 15 is 0 Å². The minimum Gasteiger partial charge on any atom is -0.550 e. The summed E-state index contributed by atoms with van der Waals surface area (Å²) in [6, 6.07) is 5.29. The first-order valence-corrected chi connectivity index (χ1v) is 11.6. The van der Waals surface area contributed by atoms with Crippen LogP contribution in [0.4, 0.5) is 0 Å². The van der Waals surface area contributed by atoms with Crippen LogP contribution in [0.5, 0.6) is 5.75 Å². The van der Waals surface area contributed by atoms with Crippen molar-refractivity contribution < 1.29 is 68.7 Å². The monoisotopic (exact) mass is 492 g/mol. The molecule has 8 nitrogen and oxygen atoms in total. The fourth-order valence-electron chi connectivity index (χ4n) is 3.19. The third-order valence-corrected chi connectivity index (χ3v) is 6.29. The van der Waals surface area contributed by atoms with Crippen LogP contribution in [-0.4, -0.2) is 51.7 Å². The van der Waals surface area contributed by atoms with E-state index in [1.807, 2.05) is 19.9 Å². The number of thioether (sulfide) groups is 1. The minimum absolute atomic E-state index is 0. The minimum atomic E-state index is -1.90. The van der Waals surface area contributed by atoms with E-state index in [4.69, 9.17) is 9.47 Å². The molecule has 0 bridgehead atoms. The van der Waals surface area contributed by atoms with Crippen molar-refractivity contribution in [3.63, 3.8) is 0 Å². The molecule has 1 rings (SSSR count). The molecule has 3 atom stereocenters. The van der Waals surface area contributed by atoms with Crippen LogP contribution in [0.2, 0.25) is 0 Å². The molecule has 0 aliphatic heterocycles. The van der Waals surface area contributed by atoms with E-state index in [0.717, 1.165) is 30.2 Å². The fraction of sp³-hybridized carbons (Fsp3) is 0.609. The van der Waals surface area contributed by atoms with Crippen molar-refractivity contribution in [2.75, 3.05) is 6.61 Å². The zero-order valence-electron chi connectivity index (χ0n) is 20.1. The van der Waals surface area contributed by atoms with Crippen LogP contribution in [0.1, 0.15) is 64.9 Å². The number of hydrogen-bond acceptors (Lipinski definition) is 8. The maximum atomic E-state index is 12.4. The molecule has 1 aromatic carbocycles. The molecule has 0 heterocycles. The van der Waals surface area contributed by atoms with Crippen LogP contribution in [-0.2, 0) is 19.1 Å². The Hall–Kier alpha value is -1.26. The van der Waals surface area contributed by atoms with E-state index in [1.54, 1.807) is 19.1 Å². The van der Waals surface area contributed by atoms with Crippen molar-refractivity contribution >= 4 is 29.7 Å². The summed E-state index contributed by atoms with van der Waals surface area (Å²) in [7, 11) is 0. The van der Waals surface area contributed by atoms with Crippen molar-refractivity contribution in [2.24, 2.45) is 0 Å². The van der Waals surface area contributed by atoms with E-state index < -0.39 is 41.3 Å². The number of aliphatic hydroxyl groups excluding tert-OH is 1. The normalized spacial score (nSPS) is 14.3. The number of ether oxygens (including phenoxy) is 2. The number of aliphatic hydroxyl groups is 1. The predicted molar refractivity (Wildman–Crippen MR) is 119 cm³/mol. The van der Waals surface area contributed by atoms with Gasteiger partial charge in [-0.05, 0) is 37.5 Å². The molecule has 0 spiro atoms. The Morgan fingerprint density at radius 3 is 2.42 bits per heavy atom. The van der Waals surface area contributed by atoms with Crippen LogP contribution in [0, 0.1) is 6.92 Å². The van der Waals surface area contributed by atoms with Crippen molar-refractivity contribution in [1.82, 2.24) is 0 Å². The maximum Gasteiger partial charge on any atom is 1.00 e. The third-order valence-electron chi connectivity index (χ3n) is 4.88. The molecule has 0 radical (unpaired) electrons. The summed E-state index contributed by atoms with van der Waals surface area (Å²) in [4.78, 5) is 36.1. The second kappa shape index (κ2) is 15.6. The Morgan fingerprint density at radius 1 is 1.24 bits per heavy atom. The number of carboxylic acid groups (broad SMARTS) is 2. The van der Waals surface area contributed by atoms with Crippen LogP contribution < -0.4 is 39.4 Å². The number of esters is 1. The first-order chi connectivity index (χ1) is 15.0. The molecule has 33 heavy (non-hydrogen) atoms. The number of carbonyl (C=O) groups excluding carboxylic acids is 2. The van der Waals surface area contributed by atoms with E-state index in [0.29, 0.717) is 23.7 Å². The van der Waals surface area contributed by atoms with Gasteiger partial charge in [-0.1, -0.05) is 26.3 Å². The largest absolute Gasteiger partial charge is 1.00 e. The first-order valence-electron chi connectivity index (χ1n) is 10.7. The standard InChI is InChI=1S/C23H34O8S.Na/c1-5-7-10-30-19-9-8-15(3)11-20(19)32-23(22(28)29,14-21(26)27)13-18(31-16(4)24)12-17(25)6-2;/h8-9,11,17-18,25H,5-7,10,12-14H2,1-4H3,(H,26,27)(H,28,29);/q;+1/p-1. The van der Waals surface area contributed by atoms with Gasteiger partial charge in [-0.2, -0.15) is 0 Å². The van der Waals surface area contributed by atoms with Crippen molar-refractivity contribution in [3.8, 4) is 5.75 Å². The van der Waals surface area contributed by atoms with Crippen molar-refractivity contribution in [2.45, 2.75) is 88.1 Å². The van der Waals surface area contributed by atoms with Gasteiger partial charge in [0, 0.05) is 32.2 Å². The third kappa shape index (κ3) is 11.1. The number of carbonyl (C=O) groups is 3. The van der Waals surface area contributed by atoms with Gasteiger partial charge in [-0.15, -0.1) is 11.8 Å². The number of unbranched alkanes of at least 4 members (excludes halogenated alkanes) is 1. The molecule has 0 saturated heterocycles. The number of benzene rings is 1. The summed E-state index contributed by atoms with van der Waals surface area (Å²) in [6.45, 7) is 7.21. The number of hydrogen-bond donors (Lipinski definition) is 2. The quantitative estimate of drug-likeness (QED) is 0.147. The molecular formula is C23H33NaO8S. The molecule has 180 valence electrons. The van der Waals surface area contributed by atoms with Gasteiger partial charge in [0.05, 0.1) is 17.6 Å².